The standard InChI is InChI=1S/C26H25NO3/c28-23(17-16-20-10-4-1-5-11-20)18-24-25(29)30-19-26(27-24,21-12-6-2-7-13-21)22-14-8-3-9-15-22/h1-15,24,27H,16-19H2/t24-/m1/s1. The fourth-order valence-electron chi connectivity index (χ4n) is 4.02. The van der Waals surface area contributed by atoms with E-state index in [2.05, 4.69) is 5.32 Å². The number of aryl methyl sites for hydroxylation is 1. The van der Waals surface area contributed by atoms with Gasteiger partial charge in [0.05, 0.1) is 0 Å². The molecule has 4 rings (SSSR count). The molecule has 30 heavy (non-hydrogen) atoms. The minimum absolute atomic E-state index is 0.0465. The van der Waals surface area contributed by atoms with Crippen molar-refractivity contribution < 1.29 is 14.3 Å². The maximum absolute atomic E-state index is 12.7. The van der Waals surface area contributed by atoms with Crippen molar-refractivity contribution in [2.24, 2.45) is 0 Å². The molecule has 0 aromatic heterocycles. The molecule has 4 nitrogen and oxygen atoms in total. The summed E-state index contributed by atoms with van der Waals surface area (Å²) in [6, 6.07) is 29.1. The van der Waals surface area contributed by atoms with Gasteiger partial charge in [-0.15, -0.1) is 0 Å². The smallest absolute Gasteiger partial charge is 0.323 e. The molecule has 0 bridgehead atoms. The number of hydrogen-bond acceptors (Lipinski definition) is 4. The van der Waals surface area contributed by atoms with Gasteiger partial charge >= 0.3 is 5.97 Å². The average Bonchev–Trinajstić information content (AvgIpc) is 2.81. The van der Waals surface area contributed by atoms with E-state index in [0.29, 0.717) is 12.8 Å². The molecule has 1 fully saturated rings. The highest BCUT2D eigenvalue weighted by atomic mass is 16.5. The van der Waals surface area contributed by atoms with Crippen LogP contribution in [-0.4, -0.2) is 24.4 Å². The number of esters is 1. The first-order chi connectivity index (χ1) is 14.7. The molecular formula is C26H25NO3. The summed E-state index contributed by atoms with van der Waals surface area (Å²) >= 11 is 0. The molecule has 3 aromatic rings. The van der Waals surface area contributed by atoms with E-state index in [1.807, 2.05) is 91.0 Å². The highest BCUT2D eigenvalue weighted by Gasteiger charge is 2.44. The molecule has 0 radical (unpaired) electrons. The lowest BCUT2D eigenvalue weighted by Gasteiger charge is -2.42. The fraction of sp³-hybridized carbons (Fsp3) is 0.231. The average molecular weight is 399 g/mol. The SMILES string of the molecule is O=C(CCc1ccccc1)C[C@H]1NC(c2ccccc2)(c2ccccc2)COC1=O. The van der Waals surface area contributed by atoms with Crippen LogP contribution in [0.2, 0.25) is 0 Å². The zero-order valence-corrected chi connectivity index (χ0v) is 16.8. The van der Waals surface area contributed by atoms with Gasteiger partial charge in [0.1, 0.15) is 24.0 Å². The first-order valence-electron chi connectivity index (χ1n) is 10.3. The summed E-state index contributed by atoms with van der Waals surface area (Å²) in [4.78, 5) is 25.2. The predicted molar refractivity (Wildman–Crippen MR) is 116 cm³/mol. The Labute approximate surface area is 176 Å². The van der Waals surface area contributed by atoms with Crippen molar-refractivity contribution in [3.8, 4) is 0 Å². The first kappa shape index (κ1) is 20.0. The number of ketones is 1. The molecule has 0 aliphatic carbocycles. The highest BCUT2D eigenvalue weighted by molar-refractivity contribution is 5.87. The zero-order chi connectivity index (χ0) is 20.8. The Morgan fingerprint density at radius 1 is 0.867 bits per heavy atom. The van der Waals surface area contributed by atoms with Gasteiger partial charge in [-0.25, -0.2) is 0 Å². The van der Waals surface area contributed by atoms with Crippen molar-refractivity contribution >= 4 is 11.8 Å². The number of morpholine rings is 1. The van der Waals surface area contributed by atoms with E-state index in [1.54, 1.807) is 0 Å². The molecule has 1 saturated heterocycles. The van der Waals surface area contributed by atoms with E-state index in [9.17, 15) is 9.59 Å². The zero-order valence-electron chi connectivity index (χ0n) is 16.8. The Bertz CT molecular complexity index is 947. The number of carbonyl (C=O) groups is 2. The van der Waals surface area contributed by atoms with Crippen LogP contribution in [-0.2, 0) is 26.3 Å². The molecule has 1 aliphatic rings. The molecule has 1 aliphatic heterocycles. The van der Waals surface area contributed by atoms with Gasteiger partial charge in [-0.2, -0.15) is 0 Å². The van der Waals surface area contributed by atoms with Crippen molar-refractivity contribution in [2.75, 3.05) is 6.61 Å². The van der Waals surface area contributed by atoms with Crippen LogP contribution >= 0.6 is 0 Å². The monoisotopic (exact) mass is 399 g/mol. The van der Waals surface area contributed by atoms with Crippen LogP contribution in [0.5, 0.6) is 0 Å². The number of Topliss-reactive ketones (excluding diaryl/α,β-unsaturated/α-hetero) is 1. The third kappa shape index (κ3) is 4.34. The fourth-order valence-corrected chi connectivity index (χ4v) is 4.02. The number of cyclic esters (lactones) is 1. The lowest BCUT2D eigenvalue weighted by Crippen LogP contribution is -2.60. The minimum atomic E-state index is -0.680. The number of hydrogen-bond donors (Lipinski definition) is 1. The van der Waals surface area contributed by atoms with Gasteiger partial charge < -0.3 is 4.74 Å². The second kappa shape index (κ2) is 9.06. The summed E-state index contributed by atoms with van der Waals surface area (Å²) < 4.78 is 5.63. The Morgan fingerprint density at radius 2 is 1.40 bits per heavy atom. The van der Waals surface area contributed by atoms with Gasteiger partial charge in [-0.3, -0.25) is 14.9 Å². The van der Waals surface area contributed by atoms with Crippen molar-refractivity contribution in [3.05, 3.63) is 108 Å². The van der Waals surface area contributed by atoms with E-state index in [-0.39, 0.29) is 24.8 Å². The third-order valence-electron chi connectivity index (χ3n) is 5.64. The summed E-state index contributed by atoms with van der Waals surface area (Å²) in [5, 5.41) is 3.48. The number of benzene rings is 3. The van der Waals surface area contributed by atoms with Crippen LogP contribution in [0, 0.1) is 0 Å². The van der Waals surface area contributed by atoms with Crippen LogP contribution in [0.3, 0.4) is 0 Å². The van der Waals surface area contributed by atoms with E-state index in [0.717, 1.165) is 16.7 Å². The van der Waals surface area contributed by atoms with Gasteiger partial charge in [0.2, 0.25) is 0 Å². The van der Waals surface area contributed by atoms with Crippen molar-refractivity contribution in [1.82, 2.24) is 5.32 Å². The lowest BCUT2D eigenvalue weighted by molar-refractivity contribution is -0.156. The van der Waals surface area contributed by atoms with Crippen molar-refractivity contribution in [3.63, 3.8) is 0 Å². The number of ether oxygens (including phenoxy) is 1. The van der Waals surface area contributed by atoms with Gasteiger partial charge in [-0.05, 0) is 23.1 Å². The van der Waals surface area contributed by atoms with Crippen LogP contribution in [0.15, 0.2) is 91.0 Å². The predicted octanol–water partition coefficient (Wildman–Crippen LogP) is 4.04. The summed E-state index contributed by atoms with van der Waals surface area (Å²) in [7, 11) is 0. The van der Waals surface area contributed by atoms with E-state index in [4.69, 9.17) is 4.74 Å². The molecule has 3 aromatic carbocycles. The summed E-state index contributed by atoms with van der Waals surface area (Å²) in [6.45, 7) is 0.189. The third-order valence-corrected chi connectivity index (χ3v) is 5.64. The maximum Gasteiger partial charge on any atom is 0.323 e. The van der Waals surface area contributed by atoms with Gasteiger partial charge in [-0.1, -0.05) is 91.0 Å². The molecule has 0 unspecified atom stereocenters. The van der Waals surface area contributed by atoms with Gasteiger partial charge in [0.25, 0.3) is 0 Å². The molecular weight excluding hydrogens is 374 g/mol. The number of rotatable bonds is 7. The highest BCUT2D eigenvalue weighted by Crippen LogP contribution is 2.33. The first-order valence-corrected chi connectivity index (χ1v) is 10.3. The normalized spacial score (nSPS) is 17.9. The minimum Gasteiger partial charge on any atom is -0.462 e. The maximum atomic E-state index is 12.7. The second-order valence-corrected chi connectivity index (χ2v) is 7.67. The molecule has 1 N–H and O–H groups in total. The Balaban J connectivity index is 1.54. The molecule has 0 spiro atoms. The summed E-state index contributed by atoms with van der Waals surface area (Å²) in [6.07, 6.45) is 1.19. The largest absolute Gasteiger partial charge is 0.462 e. The van der Waals surface area contributed by atoms with Gasteiger partial charge in [0.15, 0.2) is 0 Å². The molecule has 0 amide bonds. The van der Waals surface area contributed by atoms with Crippen LogP contribution < -0.4 is 5.32 Å². The Kier molecular flexibility index (Phi) is 6.05. The quantitative estimate of drug-likeness (QED) is 0.610. The summed E-state index contributed by atoms with van der Waals surface area (Å²) in [5.41, 5.74) is 2.45. The molecule has 1 heterocycles. The van der Waals surface area contributed by atoms with E-state index < -0.39 is 11.6 Å². The van der Waals surface area contributed by atoms with Crippen molar-refractivity contribution in [2.45, 2.75) is 30.8 Å². The van der Waals surface area contributed by atoms with Crippen molar-refractivity contribution in [1.29, 1.82) is 0 Å². The van der Waals surface area contributed by atoms with Crippen LogP contribution in [0.25, 0.3) is 0 Å². The van der Waals surface area contributed by atoms with E-state index >= 15 is 0 Å². The summed E-state index contributed by atoms with van der Waals surface area (Å²) in [5.74, 6) is -0.323. The molecule has 152 valence electrons. The van der Waals surface area contributed by atoms with E-state index in [1.165, 1.54) is 0 Å². The Morgan fingerprint density at radius 3 is 1.97 bits per heavy atom. The van der Waals surface area contributed by atoms with Crippen LogP contribution in [0.4, 0.5) is 0 Å². The Hall–Kier alpha value is -3.24. The van der Waals surface area contributed by atoms with Gasteiger partial charge in [0, 0.05) is 12.8 Å². The lowest BCUT2D eigenvalue weighted by atomic mass is 9.81. The molecule has 4 heteroatoms. The topological polar surface area (TPSA) is 55.4 Å². The van der Waals surface area contributed by atoms with Crippen LogP contribution in [0.1, 0.15) is 29.5 Å². The second-order valence-electron chi connectivity index (χ2n) is 7.67. The molecule has 0 saturated carbocycles. The number of nitrogens with one attached hydrogen (secondary N) is 1. The number of carbonyl (C=O) groups excluding carboxylic acids is 2. The molecule has 1 atom stereocenters.